The lowest BCUT2D eigenvalue weighted by Crippen LogP contribution is -2.54. The highest BCUT2D eigenvalue weighted by molar-refractivity contribution is 5.93. The number of hydrogen-bond acceptors (Lipinski definition) is 4. The Hall–Kier alpha value is -1.92. The molecule has 1 N–H and O–H groups in total. The van der Waals surface area contributed by atoms with Crippen LogP contribution in [-0.4, -0.2) is 43.6 Å². The molecule has 0 spiro atoms. The fourth-order valence-electron chi connectivity index (χ4n) is 2.35. The molecule has 0 bridgehead atoms. The highest BCUT2D eigenvalue weighted by Gasteiger charge is 2.39. The van der Waals surface area contributed by atoms with Crippen molar-refractivity contribution in [3.8, 4) is 0 Å². The smallest absolute Gasteiger partial charge is 0.248 e. The van der Waals surface area contributed by atoms with Crippen LogP contribution in [0.25, 0.3) is 0 Å². The summed E-state index contributed by atoms with van der Waals surface area (Å²) in [6.07, 6.45) is 2.37. The van der Waals surface area contributed by atoms with Crippen LogP contribution in [0.4, 0.5) is 0 Å². The van der Waals surface area contributed by atoms with Crippen molar-refractivity contribution in [3.63, 3.8) is 0 Å². The van der Waals surface area contributed by atoms with Crippen molar-refractivity contribution in [2.75, 3.05) is 6.54 Å². The quantitative estimate of drug-likeness (QED) is 0.860. The molecule has 1 aliphatic rings. The number of rotatable bonds is 4. The van der Waals surface area contributed by atoms with Crippen molar-refractivity contribution in [1.82, 2.24) is 25.0 Å². The van der Waals surface area contributed by atoms with Gasteiger partial charge in [0.1, 0.15) is 17.7 Å². The molecule has 0 aromatic carbocycles. The van der Waals surface area contributed by atoms with Crippen LogP contribution in [0, 0.1) is 0 Å². The average Bonchev–Trinajstić information content (AvgIpc) is 2.85. The Labute approximate surface area is 118 Å². The summed E-state index contributed by atoms with van der Waals surface area (Å²) in [6, 6.07) is 0. The van der Waals surface area contributed by atoms with Gasteiger partial charge in [0.05, 0.1) is 6.54 Å². The second-order valence-corrected chi connectivity index (χ2v) is 5.20. The molecule has 110 valence electrons. The predicted molar refractivity (Wildman–Crippen MR) is 72.6 cm³/mol. The van der Waals surface area contributed by atoms with Gasteiger partial charge in [0.25, 0.3) is 0 Å². The third kappa shape index (κ3) is 2.66. The zero-order valence-corrected chi connectivity index (χ0v) is 12.2. The minimum absolute atomic E-state index is 0.0588. The first kappa shape index (κ1) is 14.5. The van der Waals surface area contributed by atoms with Crippen LogP contribution in [0.3, 0.4) is 0 Å². The van der Waals surface area contributed by atoms with Gasteiger partial charge in [-0.2, -0.15) is 5.10 Å². The molecule has 1 aromatic heterocycles. The van der Waals surface area contributed by atoms with E-state index in [1.165, 1.54) is 6.33 Å². The molecule has 1 aromatic rings. The first-order chi connectivity index (χ1) is 9.50. The first-order valence-corrected chi connectivity index (χ1v) is 6.97. The van der Waals surface area contributed by atoms with E-state index in [2.05, 4.69) is 15.4 Å². The highest BCUT2D eigenvalue weighted by Crippen LogP contribution is 2.19. The van der Waals surface area contributed by atoms with E-state index < -0.39 is 5.54 Å². The van der Waals surface area contributed by atoms with Gasteiger partial charge in [-0.3, -0.25) is 9.59 Å². The molecule has 2 amide bonds. The van der Waals surface area contributed by atoms with Crippen LogP contribution in [-0.2, 0) is 22.7 Å². The highest BCUT2D eigenvalue weighted by atomic mass is 16.2. The van der Waals surface area contributed by atoms with Crippen molar-refractivity contribution in [3.05, 3.63) is 12.2 Å². The lowest BCUT2D eigenvalue weighted by Gasteiger charge is -2.30. The molecule has 2 heterocycles. The normalized spacial score (nSPS) is 23.6. The third-order valence-electron chi connectivity index (χ3n) is 3.82. The predicted octanol–water partition coefficient (Wildman–Crippen LogP) is 0.315. The Kier molecular flexibility index (Phi) is 4.06. The molecule has 1 saturated heterocycles. The van der Waals surface area contributed by atoms with Crippen LogP contribution < -0.4 is 5.32 Å². The van der Waals surface area contributed by atoms with Crippen LogP contribution in [0.5, 0.6) is 0 Å². The van der Waals surface area contributed by atoms with Crippen molar-refractivity contribution < 1.29 is 9.59 Å². The van der Waals surface area contributed by atoms with Crippen molar-refractivity contribution in [2.24, 2.45) is 0 Å². The fourth-order valence-corrected chi connectivity index (χ4v) is 2.35. The van der Waals surface area contributed by atoms with Gasteiger partial charge in [-0.15, -0.1) is 0 Å². The maximum absolute atomic E-state index is 12.6. The van der Waals surface area contributed by atoms with Gasteiger partial charge in [-0.25, -0.2) is 9.67 Å². The van der Waals surface area contributed by atoms with Gasteiger partial charge in [0.15, 0.2) is 0 Å². The summed E-state index contributed by atoms with van der Waals surface area (Å²) < 4.78 is 1.76. The first-order valence-electron chi connectivity index (χ1n) is 6.97. The molecule has 0 saturated carbocycles. The summed E-state index contributed by atoms with van der Waals surface area (Å²) in [5.74, 6) is 0.604. The van der Waals surface area contributed by atoms with E-state index in [0.717, 1.165) is 5.82 Å². The molecule has 1 fully saturated rings. The van der Waals surface area contributed by atoms with Gasteiger partial charge < -0.3 is 10.2 Å². The maximum atomic E-state index is 12.6. The topological polar surface area (TPSA) is 80.1 Å². The number of nitrogens with one attached hydrogen (secondary N) is 1. The summed E-state index contributed by atoms with van der Waals surface area (Å²) in [6.45, 7) is 7.16. The van der Waals surface area contributed by atoms with Gasteiger partial charge in [-0.1, -0.05) is 6.92 Å². The van der Waals surface area contributed by atoms with Crippen LogP contribution in [0.2, 0.25) is 0 Å². The number of aromatic nitrogens is 3. The van der Waals surface area contributed by atoms with E-state index in [1.807, 2.05) is 13.8 Å². The third-order valence-corrected chi connectivity index (χ3v) is 3.82. The minimum Gasteiger partial charge on any atom is -0.342 e. The zero-order valence-electron chi connectivity index (χ0n) is 12.2. The zero-order chi connectivity index (χ0) is 14.8. The summed E-state index contributed by atoms with van der Waals surface area (Å²) in [7, 11) is 0. The lowest BCUT2D eigenvalue weighted by molar-refractivity contribution is -0.138. The molecule has 20 heavy (non-hydrogen) atoms. The number of aryl methyl sites for hydroxylation is 1. The Morgan fingerprint density at radius 2 is 2.15 bits per heavy atom. The number of carbonyl (C=O) groups is 2. The van der Waals surface area contributed by atoms with E-state index in [9.17, 15) is 9.59 Å². The van der Waals surface area contributed by atoms with Gasteiger partial charge in [0.2, 0.25) is 11.8 Å². The van der Waals surface area contributed by atoms with Crippen LogP contribution in [0.1, 0.15) is 39.4 Å². The molecule has 1 unspecified atom stereocenters. The second kappa shape index (κ2) is 5.60. The van der Waals surface area contributed by atoms with Crippen molar-refractivity contribution in [1.29, 1.82) is 0 Å². The molecule has 0 aliphatic carbocycles. The molecule has 1 atom stereocenters. The molecule has 1 aliphatic heterocycles. The Bertz CT molecular complexity index is 513. The molecular formula is C13H21N5O2. The fraction of sp³-hybridized carbons (Fsp3) is 0.692. The summed E-state index contributed by atoms with van der Waals surface area (Å²) in [4.78, 5) is 30.3. The second-order valence-electron chi connectivity index (χ2n) is 5.20. The SMILES string of the molecule is CCn1ncnc1CN1CCC(=O)NC(C)(CC)C1=O. The molecule has 2 rings (SSSR count). The minimum atomic E-state index is -0.829. The van der Waals surface area contributed by atoms with E-state index in [4.69, 9.17) is 0 Å². The Morgan fingerprint density at radius 3 is 2.80 bits per heavy atom. The largest absolute Gasteiger partial charge is 0.342 e. The molecule has 0 radical (unpaired) electrons. The lowest BCUT2D eigenvalue weighted by atomic mass is 9.97. The van der Waals surface area contributed by atoms with Crippen LogP contribution >= 0.6 is 0 Å². The standard InChI is InChI=1S/C13H21N5O2/c1-4-13(3)12(20)17(7-6-11(19)16-13)8-10-14-9-15-18(10)5-2/h9H,4-8H2,1-3H3,(H,16,19). The Balaban J connectivity index is 2.22. The summed E-state index contributed by atoms with van der Waals surface area (Å²) in [5, 5.41) is 6.93. The van der Waals surface area contributed by atoms with Crippen molar-refractivity contribution in [2.45, 2.75) is 52.2 Å². The molecule has 7 nitrogen and oxygen atoms in total. The summed E-state index contributed by atoms with van der Waals surface area (Å²) >= 11 is 0. The number of carbonyl (C=O) groups excluding carboxylic acids is 2. The number of nitrogens with zero attached hydrogens (tertiary/aromatic N) is 4. The number of hydrogen-bond donors (Lipinski definition) is 1. The maximum Gasteiger partial charge on any atom is 0.248 e. The van der Waals surface area contributed by atoms with E-state index in [-0.39, 0.29) is 11.8 Å². The average molecular weight is 279 g/mol. The van der Waals surface area contributed by atoms with Gasteiger partial charge >= 0.3 is 0 Å². The monoisotopic (exact) mass is 279 g/mol. The van der Waals surface area contributed by atoms with Crippen LogP contribution in [0.15, 0.2) is 6.33 Å². The summed E-state index contributed by atoms with van der Waals surface area (Å²) in [5.41, 5.74) is -0.829. The van der Waals surface area contributed by atoms with E-state index in [0.29, 0.717) is 32.5 Å². The van der Waals surface area contributed by atoms with Gasteiger partial charge in [0, 0.05) is 19.5 Å². The number of amides is 2. The molecule has 7 heteroatoms. The Morgan fingerprint density at radius 1 is 1.40 bits per heavy atom. The van der Waals surface area contributed by atoms with E-state index >= 15 is 0 Å². The molecular weight excluding hydrogens is 258 g/mol. The van der Waals surface area contributed by atoms with Gasteiger partial charge in [-0.05, 0) is 20.3 Å². The van der Waals surface area contributed by atoms with E-state index in [1.54, 1.807) is 16.5 Å². The van der Waals surface area contributed by atoms with Crippen molar-refractivity contribution >= 4 is 11.8 Å².